The lowest BCUT2D eigenvalue weighted by Crippen LogP contribution is -2.37. The Bertz CT molecular complexity index is 492. The first-order chi connectivity index (χ1) is 8.81. The van der Waals surface area contributed by atoms with Gasteiger partial charge < -0.3 is 10.0 Å². The molecule has 5 nitrogen and oxygen atoms in total. The molecule has 0 aliphatic rings. The molecule has 0 atom stereocenters. The predicted octanol–water partition coefficient (Wildman–Crippen LogP) is 1.72. The minimum absolute atomic E-state index is 0.132. The molecular formula is C13H20N4O. The Morgan fingerprint density at radius 3 is 2.78 bits per heavy atom. The lowest BCUT2D eigenvalue weighted by atomic mass is 10.1. The van der Waals surface area contributed by atoms with Gasteiger partial charge in [-0.2, -0.15) is 5.10 Å². The molecule has 0 aromatic carbocycles. The summed E-state index contributed by atoms with van der Waals surface area (Å²) in [6, 6.07) is 2.35. The van der Waals surface area contributed by atoms with E-state index in [0.29, 0.717) is 12.6 Å². The fourth-order valence-corrected chi connectivity index (χ4v) is 2.36. The van der Waals surface area contributed by atoms with Crippen molar-refractivity contribution in [1.82, 2.24) is 14.6 Å². The molecule has 0 bridgehead atoms. The van der Waals surface area contributed by atoms with E-state index in [0.717, 1.165) is 24.2 Å². The van der Waals surface area contributed by atoms with Crippen molar-refractivity contribution in [3.05, 3.63) is 24.7 Å². The molecule has 0 saturated heterocycles. The number of hydrogen-bond donors (Lipinski definition) is 1. The van der Waals surface area contributed by atoms with Gasteiger partial charge in [0.2, 0.25) is 0 Å². The van der Waals surface area contributed by atoms with Gasteiger partial charge in [-0.1, -0.05) is 13.8 Å². The van der Waals surface area contributed by atoms with E-state index in [9.17, 15) is 5.11 Å². The molecule has 0 amide bonds. The van der Waals surface area contributed by atoms with Gasteiger partial charge >= 0.3 is 0 Å². The normalized spacial score (nSPS) is 11.3. The highest BCUT2D eigenvalue weighted by molar-refractivity contribution is 5.68. The molecule has 0 fully saturated rings. The van der Waals surface area contributed by atoms with Crippen LogP contribution in [-0.4, -0.2) is 38.9 Å². The molecule has 18 heavy (non-hydrogen) atoms. The van der Waals surface area contributed by atoms with Crippen LogP contribution in [0.5, 0.6) is 0 Å². The summed E-state index contributed by atoms with van der Waals surface area (Å²) in [4.78, 5) is 6.65. The zero-order chi connectivity index (χ0) is 13.0. The third-order valence-corrected chi connectivity index (χ3v) is 3.30. The van der Waals surface area contributed by atoms with Crippen molar-refractivity contribution in [1.29, 1.82) is 0 Å². The SMILES string of the molecule is CCC(CC)N(CCO)c1nccn2nccc12. The van der Waals surface area contributed by atoms with Gasteiger partial charge in [-0.3, -0.25) is 0 Å². The van der Waals surface area contributed by atoms with Gasteiger partial charge in [0.1, 0.15) is 5.52 Å². The number of aliphatic hydroxyl groups excluding tert-OH is 1. The van der Waals surface area contributed by atoms with Crippen molar-refractivity contribution >= 4 is 11.3 Å². The largest absolute Gasteiger partial charge is 0.395 e. The first-order valence-electron chi connectivity index (χ1n) is 6.47. The van der Waals surface area contributed by atoms with E-state index in [4.69, 9.17) is 0 Å². The van der Waals surface area contributed by atoms with Gasteiger partial charge in [-0.15, -0.1) is 0 Å². The van der Waals surface area contributed by atoms with Gasteiger partial charge in [-0.05, 0) is 18.9 Å². The van der Waals surface area contributed by atoms with Crippen LogP contribution in [0.15, 0.2) is 24.7 Å². The summed E-state index contributed by atoms with van der Waals surface area (Å²) in [7, 11) is 0. The summed E-state index contributed by atoms with van der Waals surface area (Å²) in [5.74, 6) is 0.901. The number of aromatic nitrogens is 3. The molecule has 2 aromatic heterocycles. The van der Waals surface area contributed by atoms with Crippen molar-refractivity contribution in [2.45, 2.75) is 32.7 Å². The highest BCUT2D eigenvalue weighted by Crippen LogP contribution is 2.22. The fraction of sp³-hybridized carbons (Fsp3) is 0.538. The van der Waals surface area contributed by atoms with Crippen molar-refractivity contribution in [3.8, 4) is 0 Å². The van der Waals surface area contributed by atoms with Crippen LogP contribution in [0.4, 0.5) is 5.82 Å². The van der Waals surface area contributed by atoms with E-state index < -0.39 is 0 Å². The van der Waals surface area contributed by atoms with Crippen molar-refractivity contribution < 1.29 is 5.11 Å². The van der Waals surface area contributed by atoms with E-state index in [-0.39, 0.29) is 6.61 Å². The molecule has 0 spiro atoms. The number of nitrogens with zero attached hydrogens (tertiary/aromatic N) is 4. The van der Waals surface area contributed by atoms with Crippen LogP contribution in [0.2, 0.25) is 0 Å². The van der Waals surface area contributed by atoms with E-state index in [1.807, 2.05) is 16.8 Å². The van der Waals surface area contributed by atoms with Gasteiger partial charge in [0.25, 0.3) is 0 Å². The highest BCUT2D eigenvalue weighted by atomic mass is 16.3. The molecule has 2 aromatic rings. The Hall–Kier alpha value is -1.62. The Kier molecular flexibility index (Phi) is 4.15. The predicted molar refractivity (Wildman–Crippen MR) is 71.8 cm³/mol. The average molecular weight is 248 g/mol. The molecule has 0 radical (unpaired) electrons. The molecule has 1 N–H and O–H groups in total. The highest BCUT2D eigenvalue weighted by Gasteiger charge is 2.18. The number of anilines is 1. The summed E-state index contributed by atoms with van der Waals surface area (Å²) in [5, 5.41) is 13.5. The Balaban J connectivity index is 2.43. The van der Waals surface area contributed by atoms with Crippen LogP contribution in [0.25, 0.3) is 5.52 Å². The first-order valence-corrected chi connectivity index (χ1v) is 6.47. The minimum Gasteiger partial charge on any atom is -0.395 e. The van der Waals surface area contributed by atoms with Crippen LogP contribution >= 0.6 is 0 Å². The molecule has 2 rings (SSSR count). The summed E-state index contributed by atoms with van der Waals surface area (Å²) in [6.45, 7) is 5.06. The molecule has 0 aliphatic carbocycles. The van der Waals surface area contributed by atoms with Crippen LogP contribution < -0.4 is 4.90 Å². The van der Waals surface area contributed by atoms with Gasteiger partial charge in [0, 0.05) is 25.0 Å². The molecule has 0 aliphatic heterocycles. The maximum absolute atomic E-state index is 9.27. The second kappa shape index (κ2) is 5.82. The third-order valence-electron chi connectivity index (χ3n) is 3.30. The number of hydrogen-bond acceptors (Lipinski definition) is 4. The number of aliphatic hydroxyl groups is 1. The van der Waals surface area contributed by atoms with Crippen LogP contribution in [0.3, 0.4) is 0 Å². The number of fused-ring (bicyclic) bond motifs is 1. The molecule has 0 unspecified atom stereocenters. The summed E-state index contributed by atoms with van der Waals surface area (Å²) in [6.07, 6.45) is 7.43. The van der Waals surface area contributed by atoms with Crippen LogP contribution in [-0.2, 0) is 0 Å². The zero-order valence-corrected chi connectivity index (χ0v) is 11.0. The molecule has 2 heterocycles. The molecule has 0 saturated carbocycles. The third kappa shape index (κ3) is 2.31. The van der Waals surface area contributed by atoms with Gasteiger partial charge in [0.15, 0.2) is 5.82 Å². The lowest BCUT2D eigenvalue weighted by molar-refractivity contribution is 0.295. The standard InChI is InChI=1S/C13H20N4O/c1-3-11(4-2)16(9-10-18)13-12-5-6-15-17(12)8-7-14-13/h5-8,11,18H,3-4,9-10H2,1-2H3. The summed E-state index contributed by atoms with van der Waals surface area (Å²) >= 11 is 0. The quantitative estimate of drug-likeness (QED) is 0.845. The van der Waals surface area contributed by atoms with Gasteiger partial charge in [0.05, 0.1) is 12.8 Å². The Labute approximate surface area is 107 Å². The maximum Gasteiger partial charge on any atom is 0.155 e. The maximum atomic E-state index is 9.27. The monoisotopic (exact) mass is 248 g/mol. The van der Waals surface area contributed by atoms with Crippen molar-refractivity contribution in [3.63, 3.8) is 0 Å². The van der Waals surface area contributed by atoms with E-state index in [1.165, 1.54) is 0 Å². The topological polar surface area (TPSA) is 53.7 Å². The van der Waals surface area contributed by atoms with Crippen molar-refractivity contribution in [2.75, 3.05) is 18.1 Å². The number of rotatable bonds is 6. The minimum atomic E-state index is 0.132. The van der Waals surface area contributed by atoms with E-state index in [2.05, 4.69) is 28.8 Å². The second-order valence-corrected chi connectivity index (χ2v) is 4.30. The molecule has 98 valence electrons. The average Bonchev–Trinajstić information content (AvgIpc) is 2.87. The summed E-state index contributed by atoms with van der Waals surface area (Å²) in [5.41, 5.74) is 0.984. The Morgan fingerprint density at radius 1 is 1.33 bits per heavy atom. The smallest absolute Gasteiger partial charge is 0.155 e. The second-order valence-electron chi connectivity index (χ2n) is 4.30. The first kappa shape index (κ1) is 12.8. The summed E-state index contributed by atoms with van der Waals surface area (Å²) < 4.78 is 1.81. The van der Waals surface area contributed by atoms with E-state index in [1.54, 1.807) is 12.4 Å². The van der Waals surface area contributed by atoms with Crippen molar-refractivity contribution in [2.24, 2.45) is 0 Å². The zero-order valence-electron chi connectivity index (χ0n) is 11.0. The molecular weight excluding hydrogens is 228 g/mol. The molecule has 5 heteroatoms. The fourth-order valence-electron chi connectivity index (χ4n) is 2.36. The van der Waals surface area contributed by atoms with Crippen LogP contribution in [0, 0.1) is 0 Å². The van der Waals surface area contributed by atoms with Crippen LogP contribution in [0.1, 0.15) is 26.7 Å². The Morgan fingerprint density at radius 2 is 2.11 bits per heavy atom. The van der Waals surface area contributed by atoms with Gasteiger partial charge in [-0.25, -0.2) is 9.50 Å². The van der Waals surface area contributed by atoms with E-state index >= 15 is 0 Å². The lowest BCUT2D eigenvalue weighted by Gasteiger charge is -2.31.